The van der Waals surface area contributed by atoms with Crippen LogP contribution in [0, 0.1) is 0 Å². The van der Waals surface area contributed by atoms with Gasteiger partial charge < -0.3 is 10.1 Å². The maximum absolute atomic E-state index is 12.0. The van der Waals surface area contributed by atoms with Gasteiger partial charge in [-0.05, 0) is 19.1 Å². The molecule has 0 aliphatic carbocycles. The summed E-state index contributed by atoms with van der Waals surface area (Å²) in [5.41, 5.74) is -0.0682. The van der Waals surface area contributed by atoms with E-state index in [0.717, 1.165) is 12.1 Å². The number of hydrogen-bond donors (Lipinski definition) is 1. The van der Waals surface area contributed by atoms with Crippen molar-refractivity contribution in [1.29, 1.82) is 0 Å². The molecule has 0 heterocycles. The minimum absolute atomic E-state index is 0.0437. The molecule has 0 bridgehead atoms. The third-order valence-corrected chi connectivity index (χ3v) is 4.46. The fraction of sp³-hybridized carbons (Fsp3) is 0.364. The van der Waals surface area contributed by atoms with Crippen molar-refractivity contribution in [3.8, 4) is 0 Å². The first-order chi connectivity index (χ1) is 9.16. The predicted octanol–water partition coefficient (Wildman–Crippen LogP) is 2.69. The molecule has 0 radical (unpaired) electrons. The third kappa shape index (κ3) is 4.49. The van der Waals surface area contributed by atoms with E-state index < -0.39 is 15.0 Å². The Morgan fingerprint density at radius 3 is 2.50 bits per heavy atom. The van der Waals surface area contributed by atoms with Crippen LogP contribution in [0.5, 0.6) is 0 Å². The van der Waals surface area contributed by atoms with Crippen LogP contribution in [0.2, 0.25) is 10.0 Å². The van der Waals surface area contributed by atoms with E-state index in [-0.39, 0.29) is 26.5 Å². The highest BCUT2D eigenvalue weighted by Gasteiger charge is 2.20. The Kier molecular flexibility index (Phi) is 6.09. The maximum Gasteiger partial charge on any atom is 0.261 e. The minimum atomic E-state index is -4.01. The highest BCUT2D eigenvalue weighted by atomic mass is 35.7. The van der Waals surface area contributed by atoms with Gasteiger partial charge in [0, 0.05) is 23.8 Å². The summed E-state index contributed by atoms with van der Waals surface area (Å²) in [6, 6.07) is 1.88. The van der Waals surface area contributed by atoms with Crippen LogP contribution in [0.25, 0.3) is 0 Å². The molecule has 5 nitrogen and oxygen atoms in total. The van der Waals surface area contributed by atoms with E-state index in [0.29, 0.717) is 6.61 Å². The van der Waals surface area contributed by atoms with Gasteiger partial charge in [0.25, 0.3) is 15.0 Å². The zero-order chi connectivity index (χ0) is 15.5. The van der Waals surface area contributed by atoms with Crippen molar-refractivity contribution in [3.63, 3.8) is 0 Å². The van der Waals surface area contributed by atoms with E-state index in [4.69, 9.17) is 38.6 Å². The standard InChI is InChI=1S/C11H12Cl3NO4S/c1-6(5-19-2)15-11(16)8-3-7(20(14,17)18)4-9(12)10(8)13/h3-4,6H,5H2,1-2H3,(H,15,16). The zero-order valence-electron chi connectivity index (χ0n) is 10.6. The van der Waals surface area contributed by atoms with Crippen LogP contribution in [0.1, 0.15) is 17.3 Å². The smallest absolute Gasteiger partial charge is 0.261 e. The molecule has 0 aliphatic rings. The number of benzene rings is 1. The molecule has 20 heavy (non-hydrogen) atoms. The second-order valence-electron chi connectivity index (χ2n) is 4.03. The van der Waals surface area contributed by atoms with Crippen molar-refractivity contribution < 1.29 is 17.9 Å². The van der Waals surface area contributed by atoms with E-state index in [1.807, 2.05) is 0 Å². The highest BCUT2D eigenvalue weighted by molar-refractivity contribution is 8.13. The van der Waals surface area contributed by atoms with E-state index in [1.165, 1.54) is 7.11 Å². The Bertz CT molecular complexity index is 618. The normalized spacial score (nSPS) is 13.1. The average molecular weight is 361 g/mol. The molecular formula is C11H12Cl3NO4S. The van der Waals surface area contributed by atoms with Crippen molar-refractivity contribution in [3.05, 3.63) is 27.7 Å². The van der Waals surface area contributed by atoms with Gasteiger partial charge in [-0.2, -0.15) is 0 Å². The summed E-state index contributed by atoms with van der Waals surface area (Å²) >= 11 is 11.7. The molecule has 0 spiro atoms. The molecule has 1 N–H and O–H groups in total. The van der Waals surface area contributed by atoms with Crippen LogP contribution < -0.4 is 5.32 Å². The topological polar surface area (TPSA) is 72.5 Å². The maximum atomic E-state index is 12.0. The second kappa shape index (κ2) is 6.95. The predicted molar refractivity (Wildman–Crippen MR) is 78.3 cm³/mol. The molecule has 0 saturated carbocycles. The summed E-state index contributed by atoms with van der Waals surface area (Å²) in [7, 11) is 2.71. The van der Waals surface area contributed by atoms with Crippen LogP contribution in [0.15, 0.2) is 17.0 Å². The highest BCUT2D eigenvalue weighted by Crippen LogP contribution is 2.30. The van der Waals surface area contributed by atoms with Crippen molar-refractivity contribution in [2.75, 3.05) is 13.7 Å². The van der Waals surface area contributed by atoms with Crippen LogP contribution >= 0.6 is 33.9 Å². The molecule has 1 aromatic rings. The van der Waals surface area contributed by atoms with E-state index in [9.17, 15) is 13.2 Å². The van der Waals surface area contributed by atoms with E-state index in [1.54, 1.807) is 6.92 Å². The Morgan fingerprint density at radius 1 is 1.40 bits per heavy atom. The van der Waals surface area contributed by atoms with Gasteiger partial charge in [-0.15, -0.1) is 0 Å². The first kappa shape index (κ1) is 17.5. The largest absolute Gasteiger partial charge is 0.383 e. The number of nitrogens with one attached hydrogen (secondary N) is 1. The minimum Gasteiger partial charge on any atom is -0.383 e. The summed E-state index contributed by atoms with van der Waals surface area (Å²) in [6.45, 7) is 2.02. The molecule has 1 aromatic carbocycles. The van der Waals surface area contributed by atoms with E-state index in [2.05, 4.69) is 5.32 Å². The first-order valence-corrected chi connectivity index (χ1v) is 8.47. The van der Waals surface area contributed by atoms with Gasteiger partial charge in [0.15, 0.2) is 0 Å². The molecule has 1 amide bonds. The number of carbonyl (C=O) groups is 1. The lowest BCUT2D eigenvalue weighted by Gasteiger charge is -2.14. The Labute approximate surface area is 131 Å². The number of ether oxygens (including phenoxy) is 1. The van der Waals surface area contributed by atoms with Crippen molar-refractivity contribution in [1.82, 2.24) is 5.32 Å². The molecule has 1 unspecified atom stereocenters. The quantitative estimate of drug-likeness (QED) is 0.819. The fourth-order valence-corrected chi connectivity index (χ4v) is 2.73. The summed E-state index contributed by atoms with van der Waals surface area (Å²) in [5.74, 6) is -0.566. The fourth-order valence-electron chi connectivity index (χ4n) is 1.46. The number of rotatable bonds is 5. The molecule has 1 atom stereocenters. The molecule has 112 valence electrons. The van der Waals surface area contributed by atoms with Gasteiger partial charge in [0.2, 0.25) is 0 Å². The second-order valence-corrected chi connectivity index (χ2v) is 7.39. The number of halogens is 3. The molecule has 0 fully saturated rings. The lowest BCUT2D eigenvalue weighted by Crippen LogP contribution is -2.35. The first-order valence-electron chi connectivity index (χ1n) is 5.40. The number of hydrogen-bond acceptors (Lipinski definition) is 4. The van der Waals surface area contributed by atoms with Crippen LogP contribution in [-0.4, -0.2) is 34.1 Å². The van der Waals surface area contributed by atoms with Gasteiger partial charge in [-0.3, -0.25) is 4.79 Å². The lowest BCUT2D eigenvalue weighted by molar-refractivity contribution is 0.0905. The Hall–Kier alpha value is -0.530. The van der Waals surface area contributed by atoms with Gasteiger partial charge in [-0.1, -0.05) is 23.2 Å². The van der Waals surface area contributed by atoms with Gasteiger partial charge in [0.1, 0.15) is 0 Å². The summed E-state index contributed by atoms with van der Waals surface area (Å²) < 4.78 is 27.5. The summed E-state index contributed by atoms with van der Waals surface area (Å²) in [4.78, 5) is 11.7. The monoisotopic (exact) mass is 359 g/mol. The number of amides is 1. The summed E-state index contributed by atoms with van der Waals surface area (Å²) in [5, 5.41) is 2.48. The Morgan fingerprint density at radius 2 is 2.00 bits per heavy atom. The van der Waals surface area contributed by atoms with Crippen LogP contribution in [0.3, 0.4) is 0 Å². The van der Waals surface area contributed by atoms with Gasteiger partial charge in [0.05, 0.1) is 27.1 Å². The molecule has 0 saturated heterocycles. The number of methoxy groups -OCH3 is 1. The molecule has 0 aliphatic heterocycles. The SMILES string of the molecule is COCC(C)NC(=O)c1cc(S(=O)(=O)Cl)cc(Cl)c1Cl. The molecule has 1 rings (SSSR count). The number of carbonyl (C=O) groups excluding carboxylic acids is 1. The lowest BCUT2D eigenvalue weighted by atomic mass is 10.2. The van der Waals surface area contributed by atoms with Gasteiger partial charge >= 0.3 is 0 Å². The van der Waals surface area contributed by atoms with Crippen LogP contribution in [-0.2, 0) is 13.8 Å². The summed E-state index contributed by atoms with van der Waals surface area (Å²) in [6.07, 6.45) is 0. The average Bonchev–Trinajstić information content (AvgIpc) is 2.31. The molecule has 9 heteroatoms. The van der Waals surface area contributed by atoms with Gasteiger partial charge in [-0.25, -0.2) is 8.42 Å². The Balaban J connectivity index is 3.17. The van der Waals surface area contributed by atoms with Crippen LogP contribution in [0.4, 0.5) is 0 Å². The molecule has 0 aromatic heterocycles. The zero-order valence-corrected chi connectivity index (χ0v) is 13.7. The van der Waals surface area contributed by atoms with Crippen molar-refractivity contribution >= 4 is 48.8 Å². The van der Waals surface area contributed by atoms with E-state index >= 15 is 0 Å². The van der Waals surface area contributed by atoms with Crippen molar-refractivity contribution in [2.45, 2.75) is 17.9 Å². The third-order valence-electron chi connectivity index (χ3n) is 2.32. The molecular weight excluding hydrogens is 349 g/mol. The van der Waals surface area contributed by atoms with Crippen molar-refractivity contribution in [2.24, 2.45) is 0 Å².